The molecule has 9 heteroatoms. The van der Waals surface area contributed by atoms with E-state index in [1.165, 1.54) is 25.0 Å². The highest BCUT2D eigenvalue weighted by Crippen LogP contribution is 2.35. The normalized spacial score (nSPS) is 17.8. The lowest BCUT2D eigenvalue weighted by Crippen LogP contribution is -2.50. The number of fused-ring (bicyclic) bond motifs is 1. The van der Waals surface area contributed by atoms with Gasteiger partial charge in [-0.25, -0.2) is 9.37 Å². The lowest BCUT2D eigenvalue weighted by atomic mass is 10.1. The molecule has 1 aliphatic heterocycles. The summed E-state index contributed by atoms with van der Waals surface area (Å²) < 4.78 is 15.3. The summed E-state index contributed by atoms with van der Waals surface area (Å²) in [6, 6.07) is 6.40. The second-order valence-electron chi connectivity index (χ2n) is 10.1. The zero-order valence-electron chi connectivity index (χ0n) is 19.5. The number of aromatic nitrogens is 3. The topological polar surface area (TPSA) is 65.8 Å². The summed E-state index contributed by atoms with van der Waals surface area (Å²) in [4.78, 5) is 22.7. The predicted octanol–water partition coefficient (Wildman–Crippen LogP) is 4.65. The van der Waals surface area contributed by atoms with Crippen molar-refractivity contribution < 1.29 is 9.18 Å². The fourth-order valence-electron chi connectivity index (χ4n) is 4.69. The molecular weight excluding hydrogens is 439 g/mol. The van der Waals surface area contributed by atoms with Crippen LogP contribution in [0.5, 0.6) is 0 Å². The first-order chi connectivity index (χ1) is 15.8. The fraction of sp³-hybridized carbons (Fsp3) is 0.542. The molecule has 176 valence electrons. The number of nitrogens with zero attached hydrogens (tertiary/aromatic N) is 5. The molecule has 1 aliphatic carbocycles. The molecule has 1 N–H and O–H groups in total. The van der Waals surface area contributed by atoms with Crippen molar-refractivity contribution in [3.05, 3.63) is 30.1 Å². The van der Waals surface area contributed by atoms with Crippen molar-refractivity contribution in [2.45, 2.75) is 52.0 Å². The van der Waals surface area contributed by atoms with Gasteiger partial charge in [0.1, 0.15) is 11.5 Å². The maximum atomic E-state index is 13.5. The van der Waals surface area contributed by atoms with Crippen molar-refractivity contribution in [2.24, 2.45) is 5.92 Å². The number of halogens is 1. The number of nitrogens with one attached hydrogen (secondary N) is 1. The maximum Gasteiger partial charge on any atom is 0.225 e. The minimum Gasteiger partial charge on any atom is -0.364 e. The Hall–Kier alpha value is -2.68. The number of rotatable bonds is 4. The highest BCUT2D eigenvalue weighted by Gasteiger charge is 2.31. The summed E-state index contributed by atoms with van der Waals surface area (Å²) in [5.74, 6) is 1.11. The van der Waals surface area contributed by atoms with Crippen molar-refractivity contribution in [1.82, 2.24) is 19.5 Å². The van der Waals surface area contributed by atoms with E-state index in [0.29, 0.717) is 5.91 Å². The van der Waals surface area contributed by atoms with Crippen molar-refractivity contribution in [2.75, 3.05) is 36.4 Å². The summed E-state index contributed by atoms with van der Waals surface area (Å²) in [5, 5.41) is 9.34. The van der Waals surface area contributed by atoms with E-state index in [9.17, 15) is 9.18 Å². The number of imidazole rings is 1. The van der Waals surface area contributed by atoms with E-state index in [-0.39, 0.29) is 17.3 Å². The molecule has 2 aromatic heterocycles. The molecule has 1 amide bonds. The fourth-order valence-corrected chi connectivity index (χ4v) is 5.64. The third-order valence-electron chi connectivity index (χ3n) is 6.37. The number of benzene rings is 1. The highest BCUT2D eigenvalue weighted by atomic mass is 32.1. The van der Waals surface area contributed by atoms with Crippen LogP contribution in [0.3, 0.4) is 0 Å². The smallest absolute Gasteiger partial charge is 0.225 e. The summed E-state index contributed by atoms with van der Waals surface area (Å²) in [7, 11) is 0. The van der Waals surface area contributed by atoms with E-state index in [4.69, 9.17) is 10.1 Å². The average molecular weight is 471 g/mol. The second-order valence-corrected chi connectivity index (χ2v) is 11.0. The zero-order chi connectivity index (χ0) is 23.2. The van der Waals surface area contributed by atoms with E-state index in [1.807, 2.05) is 9.42 Å². The molecule has 0 unspecified atom stereocenters. The maximum absolute atomic E-state index is 13.5. The van der Waals surface area contributed by atoms with Gasteiger partial charge in [-0.3, -0.25) is 4.79 Å². The van der Waals surface area contributed by atoms with Crippen LogP contribution in [0.2, 0.25) is 0 Å². The molecule has 7 nitrogen and oxygen atoms in total. The Balaban J connectivity index is 1.38. The van der Waals surface area contributed by atoms with E-state index in [2.05, 4.69) is 31.0 Å². The number of hydrogen-bond acceptors (Lipinski definition) is 6. The van der Waals surface area contributed by atoms with E-state index >= 15 is 0 Å². The zero-order valence-corrected chi connectivity index (χ0v) is 20.3. The van der Waals surface area contributed by atoms with Crippen LogP contribution in [0.4, 0.5) is 15.3 Å². The van der Waals surface area contributed by atoms with Crippen LogP contribution in [0.25, 0.3) is 16.2 Å². The molecule has 3 heterocycles. The Labute approximate surface area is 197 Å². The van der Waals surface area contributed by atoms with Crippen molar-refractivity contribution in [3.63, 3.8) is 0 Å². The third-order valence-corrected chi connectivity index (χ3v) is 7.34. The molecule has 1 aromatic carbocycles. The summed E-state index contributed by atoms with van der Waals surface area (Å²) >= 11 is 1.55. The first-order valence-electron chi connectivity index (χ1n) is 11.8. The van der Waals surface area contributed by atoms with Gasteiger partial charge in [0.15, 0.2) is 5.82 Å². The Morgan fingerprint density at radius 2 is 1.76 bits per heavy atom. The van der Waals surface area contributed by atoms with E-state index in [0.717, 1.165) is 66.2 Å². The lowest BCUT2D eigenvalue weighted by Gasteiger charge is -2.35. The summed E-state index contributed by atoms with van der Waals surface area (Å²) in [6.45, 7) is 9.32. The molecule has 2 fully saturated rings. The van der Waals surface area contributed by atoms with Gasteiger partial charge in [0.2, 0.25) is 16.0 Å². The van der Waals surface area contributed by atoms with Crippen molar-refractivity contribution in [3.8, 4) is 11.3 Å². The van der Waals surface area contributed by atoms with Gasteiger partial charge in [0, 0.05) is 43.2 Å². The molecule has 1 saturated carbocycles. The molecule has 3 aromatic rings. The molecule has 33 heavy (non-hydrogen) atoms. The Kier molecular flexibility index (Phi) is 5.76. The first kappa shape index (κ1) is 22.1. The third kappa shape index (κ3) is 4.55. The van der Waals surface area contributed by atoms with Gasteiger partial charge in [0.25, 0.3) is 0 Å². The van der Waals surface area contributed by atoms with E-state index < -0.39 is 0 Å². The monoisotopic (exact) mass is 470 g/mol. The first-order valence-corrected chi connectivity index (χ1v) is 12.6. The molecule has 0 radical (unpaired) electrons. The molecule has 0 spiro atoms. The lowest BCUT2D eigenvalue weighted by molar-refractivity contribution is -0.135. The molecule has 0 atom stereocenters. The molecule has 0 bridgehead atoms. The minimum absolute atomic E-state index is 0.194. The van der Waals surface area contributed by atoms with Crippen molar-refractivity contribution >= 4 is 33.2 Å². The van der Waals surface area contributed by atoms with Gasteiger partial charge in [-0.05, 0) is 57.9 Å². The van der Waals surface area contributed by atoms with Gasteiger partial charge in [-0.2, -0.15) is 4.52 Å². The standard InChI is InChI=1S/C24H31FN6OS/c1-24(2,3)27-20-19(16-8-10-18(25)11-9-16)26-22-31(20)28-23(33-22)30-14-12-29(13-15-30)21(32)17-6-4-5-7-17/h8-11,17,27H,4-7,12-15H2,1-3H3. The summed E-state index contributed by atoms with van der Waals surface area (Å²) in [5.41, 5.74) is 1.42. The molecule has 5 rings (SSSR count). The highest BCUT2D eigenvalue weighted by molar-refractivity contribution is 7.20. The van der Waals surface area contributed by atoms with Gasteiger partial charge < -0.3 is 15.1 Å². The minimum atomic E-state index is -0.268. The van der Waals surface area contributed by atoms with E-state index in [1.54, 1.807) is 23.5 Å². The van der Waals surface area contributed by atoms with Gasteiger partial charge in [0.05, 0.1) is 0 Å². The van der Waals surface area contributed by atoms with Crippen LogP contribution >= 0.6 is 11.3 Å². The Morgan fingerprint density at radius 1 is 1.09 bits per heavy atom. The van der Waals surface area contributed by atoms with Gasteiger partial charge >= 0.3 is 0 Å². The molecule has 2 aliphatic rings. The van der Waals surface area contributed by atoms with Crippen LogP contribution in [0.1, 0.15) is 46.5 Å². The molecular formula is C24H31FN6OS. The SMILES string of the molecule is CC(C)(C)Nc1c(-c2ccc(F)cc2)nc2sc(N3CCN(C(=O)C4CCCC4)CC3)nn12. The van der Waals surface area contributed by atoms with Crippen molar-refractivity contribution in [1.29, 1.82) is 0 Å². The van der Waals surface area contributed by atoms with Gasteiger partial charge in [-0.1, -0.05) is 24.2 Å². The van der Waals surface area contributed by atoms with Crippen LogP contribution in [0, 0.1) is 11.7 Å². The number of amides is 1. The van der Waals surface area contributed by atoms with Crippen LogP contribution in [-0.4, -0.2) is 57.1 Å². The van der Waals surface area contributed by atoms with Crippen LogP contribution < -0.4 is 10.2 Å². The Bertz CT molecular complexity index is 1130. The number of anilines is 2. The number of piperazine rings is 1. The largest absolute Gasteiger partial charge is 0.364 e. The summed E-state index contributed by atoms with van der Waals surface area (Å²) in [6.07, 6.45) is 4.45. The van der Waals surface area contributed by atoms with Crippen LogP contribution in [-0.2, 0) is 4.79 Å². The average Bonchev–Trinajstić information content (AvgIpc) is 3.51. The number of carbonyl (C=O) groups is 1. The number of carbonyl (C=O) groups excluding carboxylic acids is 1. The second kappa shape index (κ2) is 8.59. The molecule has 1 saturated heterocycles. The predicted molar refractivity (Wildman–Crippen MR) is 130 cm³/mol. The quantitative estimate of drug-likeness (QED) is 0.602. The Morgan fingerprint density at radius 3 is 2.39 bits per heavy atom. The van der Waals surface area contributed by atoms with Crippen LogP contribution in [0.15, 0.2) is 24.3 Å². The van der Waals surface area contributed by atoms with Gasteiger partial charge in [-0.15, -0.1) is 5.10 Å². The number of hydrogen-bond donors (Lipinski definition) is 1.